The first-order chi connectivity index (χ1) is 33.2. The molecular weight excluding hydrogens is 813 g/mol. The van der Waals surface area contributed by atoms with Crippen molar-refractivity contribution in [1.29, 1.82) is 0 Å². The SMILES string of the molecule is c1cc(-c2ccc(-c3cccc4ccccc34)cc2)cc(N(c2ccc(-c3cccc(-n4c5ccccc5c5ccccc54)c3)cc2)c2ccccc2-c2ccc3c(c2)oc2ccccc23)c1. The molecule has 13 aromatic rings. The second kappa shape index (κ2) is 16.0. The zero-order valence-electron chi connectivity index (χ0n) is 36.6. The number of rotatable bonds is 8. The second-order valence-corrected chi connectivity index (χ2v) is 17.3. The molecule has 0 aliphatic carbocycles. The number of benzene rings is 11. The molecule has 11 aromatic carbocycles. The van der Waals surface area contributed by atoms with Gasteiger partial charge in [0.05, 0.1) is 16.7 Å². The Morgan fingerprint density at radius 2 is 0.851 bits per heavy atom. The van der Waals surface area contributed by atoms with E-state index in [0.717, 1.165) is 78.1 Å². The third-order valence-electron chi connectivity index (χ3n) is 13.4. The van der Waals surface area contributed by atoms with E-state index in [1.54, 1.807) is 0 Å². The van der Waals surface area contributed by atoms with Gasteiger partial charge in [0.15, 0.2) is 0 Å². The van der Waals surface area contributed by atoms with Crippen LogP contribution < -0.4 is 4.90 Å². The lowest BCUT2D eigenvalue weighted by Crippen LogP contribution is -2.11. The van der Waals surface area contributed by atoms with E-state index in [9.17, 15) is 0 Å². The van der Waals surface area contributed by atoms with Gasteiger partial charge in [-0.1, -0.05) is 182 Å². The molecule has 0 bridgehead atoms. The van der Waals surface area contributed by atoms with Gasteiger partial charge in [-0.2, -0.15) is 0 Å². The maximum absolute atomic E-state index is 6.42. The van der Waals surface area contributed by atoms with Gasteiger partial charge < -0.3 is 13.9 Å². The molecule has 0 unspecified atom stereocenters. The molecule has 0 atom stereocenters. The van der Waals surface area contributed by atoms with Crippen molar-refractivity contribution in [1.82, 2.24) is 4.57 Å². The number of hydrogen-bond donors (Lipinski definition) is 0. The van der Waals surface area contributed by atoms with E-state index < -0.39 is 0 Å². The predicted molar refractivity (Wildman–Crippen MR) is 282 cm³/mol. The van der Waals surface area contributed by atoms with Crippen LogP contribution in [0.15, 0.2) is 259 Å². The highest BCUT2D eigenvalue weighted by Crippen LogP contribution is 2.44. The standard InChI is InChI=1S/C64H42N2O/c1-2-20-53-45(14-1)15-13-25-54(53)46-32-30-43(31-33-46)47-16-11-18-51(40-47)65(60-26-7-3-21-55(60)49-36-39-59-58-24-6-10-29-63(58)67-64(59)42-49)50-37-34-44(35-38-50)48-17-12-19-52(41-48)66-61-27-8-4-22-56(61)57-23-5-9-28-62(57)66/h1-42H. The third kappa shape index (κ3) is 6.67. The lowest BCUT2D eigenvalue weighted by atomic mass is 9.96. The third-order valence-corrected chi connectivity index (χ3v) is 13.4. The van der Waals surface area contributed by atoms with Crippen LogP contribution in [0, 0.1) is 0 Å². The summed E-state index contributed by atoms with van der Waals surface area (Å²) in [4.78, 5) is 2.39. The molecule has 0 amide bonds. The Bertz CT molecular complexity index is 3930. The lowest BCUT2D eigenvalue weighted by Gasteiger charge is -2.28. The lowest BCUT2D eigenvalue weighted by molar-refractivity contribution is 0.669. The average molecular weight is 855 g/mol. The molecular formula is C64H42N2O. The number of anilines is 3. The van der Waals surface area contributed by atoms with Crippen LogP contribution in [0.5, 0.6) is 0 Å². The summed E-state index contributed by atoms with van der Waals surface area (Å²) >= 11 is 0. The van der Waals surface area contributed by atoms with Gasteiger partial charge in [0.1, 0.15) is 11.2 Å². The van der Waals surface area contributed by atoms with Gasteiger partial charge >= 0.3 is 0 Å². The summed E-state index contributed by atoms with van der Waals surface area (Å²) in [5.41, 5.74) is 17.8. The summed E-state index contributed by atoms with van der Waals surface area (Å²) in [5.74, 6) is 0. The quantitative estimate of drug-likeness (QED) is 0.152. The Hall–Kier alpha value is -8.92. The number of hydrogen-bond acceptors (Lipinski definition) is 2. The minimum absolute atomic E-state index is 0.876. The van der Waals surface area contributed by atoms with Crippen LogP contribution in [0.2, 0.25) is 0 Å². The van der Waals surface area contributed by atoms with Crippen molar-refractivity contribution >= 4 is 71.6 Å². The minimum atomic E-state index is 0.876. The first-order valence-corrected chi connectivity index (χ1v) is 22.9. The molecule has 67 heavy (non-hydrogen) atoms. The van der Waals surface area contributed by atoms with E-state index in [-0.39, 0.29) is 0 Å². The number of aromatic nitrogens is 1. The normalized spacial score (nSPS) is 11.6. The van der Waals surface area contributed by atoms with Crippen molar-refractivity contribution in [2.24, 2.45) is 0 Å². The molecule has 0 aliphatic rings. The Morgan fingerprint density at radius 1 is 0.299 bits per heavy atom. The van der Waals surface area contributed by atoms with Gasteiger partial charge in [-0.05, 0) is 123 Å². The first-order valence-electron chi connectivity index (χ1n) is 22.9. The van der Waals surface area contributed by atoms with Crippen LogP contribution in [0.3, 0.4) is 0 Å². The Kier molecular flexibility index (Phi) is 9.17. The van der Waals surface area contributed by atoms with Crippen LogP contribution in [0.1, 0.15) is 0 Å². The summed E-state index contributed by atoms with van der Waals surface area (Å²) in [6.07, 6.45) is 0. The summed E-state index contributed by atoms with van der Waals surface area (Å²) in [5, 5.41) is 7.26. The van der Waals surface area contributed by atoms with Crippen LogP contribution in [0.4, 0.5) is 17.1 Å². The molecule has 314 valence electrons. The molecule has 2 aromatic heterocycles. The van der Waals surface area contributed by atoms with E-state index in [4.69, 9.17) is 4.42 Å². The summed E-state index contributed by atoms with van der Waals surface area (Å²) in [6.45, 7) is 0. The minimum Gasteiger partial charge on any atom is -0.456 e. The number of nitrogens with zero attached hydrogens (tertiary/aromatic N) is 2. The van der Waals surface area contributed by atoms with Crippen LogP contribution in [-0.4, -0.2) is 4.57 Å². The molecule has 0 aliphatic heterocycles. The average Bonchev–Trinajstić information content (AvgIpc) is 3.95. The van der Waals surface area contributed by atoms with Gasteiger partial charge in [-0.15, -0.1) is 0 Å². The summed E-state index contributed by atoms with van der Waals surface area (Å²) < 4.78 is 8.80. The maximum Gasteiger partial charge on any atom is 0.136 e. The van der Waals surface area contributed by atoms with Gasteiger partial charge in [-0.25, -0.2) is 0 Å². The van der Waals surface area contributed by atoms with Crippen molar-refractivity contribution in [3.05, 3.63) is 255 Å². The molecule has 0 N–H and O–H groups in total. The molecule has 0 radical (unpaired) electrons. The molecule has 2 heterocycles. The fourth-order valence-corrected chi connectivity index (χ4v) is 10.2. The summed E-state index contributed by atoms with van der Waals surface area (Å²) in [6, 6.07) is 91.9. The highest BCUT2D eigenvalue weighted by atomic mass is 16.3. The number of para-hydroxylation sites is 4. The van der Waals surface area contributed by atoms with E-state index in [2.05, 4.69) is 252 Å². The number of furan rings is 1. The Balaban J connectivity index is 0.915. The van der Waals surface area contributed by atoms with E-state index in [0.29, 0.717) is 0 Å². The van der Waals surface area contributed by atoms with Crippen LogP contribution >= 0.6 is 0 Å². The topological polar surface area (TPSA) is 21.3 Å². The smallest absolute Gasteiger partial charge is 0.136 e. The van der Waals surface area contributed by atoms with E-state index >= 15 is 0 Å². The molecule has 3 nitrogen and oxygen atoms in total. The highest BCUT2D eigenvalue weighted by Gasteiger charge is 2.20. The van der Waals surface area contributed by atoms with Gasteiger partial charge in [0.2, 0.25) is 0 Å². The first kappa shape index (κ1) is 38.5. The van der Waals surface area contributed by atoms with E-state index in [1.807, 2.05) is 12.1 Å². The molecule has 3 heteroatoms. The van der Waals surface area contributed by atoms with Gasteiger partial charge in [0.25, 0.3) is 0 Å². The highest BCUT2D eigenvalue weighted by molar-refractivity contribution is 6.09. The fourth-order valence-electron chi connectivity index (χ4n) is 10.2. The number of fused-ring (bicyclic) bond motifs is 7. The fraction of sp³-hybridized carbons (Fsp3) is 0. The monoisotopic (exact) mass is 854 g/mol. The van der Waals surface area contributed by atoms with Crippen molar-refractivity contribution in [3.8, 4) is 50.2 Å². The van der Waals surface area contributed by atoms with Gasteiger partial charge in [0, 0.05) is 44.2 Å². The zero-order valence-corrected chi connectivity index (χ0v) is 36.6. The van der Waals surface area contributed by atoms with Crippen molar-refractivity contribution in [3.63, 3.8) is 0 Å². The zero-order chi connectivity index (χ0) is 44.3. The van der Waals surface area contributed by atoms with Crippen molar-refractivity contribution < 1.29 is 4.42 Å². The largest absolute Gasteiger partial charge is 0.456 e. The van der Waals surface area contributed by atoms with Gasteiger partial charge in [-0.3, -0.25) is 0 Å². The second-order valence-electron chi connectivity index (χ2n) is 17.3. The van der Waals surface area contributed by atoms with Crippen LogP contribution in [0.25, 0.3) is 105 Å². The Morgan fingerprint density at radius 3 is 1.64 bits per heavy atom. The van der Waals surface area contributed by atoms with E-state index in [1.165, 1.54) is 43.7 Å². The molecule has 0 fully saturated rings. The Labute approximate surface area is 388 Å². The molecule has 0 saturated carbocycles. The van der Waals surface area contributed by atoms with Crippen molar-refractivity contribution in [2.45, 2.75) is 0 Å². The van der Waals surface area contributed by atoms with Crippen molar-refractivity contribution in [2.75, 3.05) is 4.90 Å². The molecule has 13 rings (SSSR count). The maximum atomic E-state index is 6.42. The molecule has 0 spiro atoms. The predicted octanol–water partition coefficient (Wildman–Crippen LogP) is 18.0. The van der Waals surface area contributed by atoms with Crippen LogP contribution in [-0.2, 0) is 0 Å². The summed E-state index contributed by atoms with van der Waals surface area (Å²) in [7, 11) is 0. The molecule has 0 saturated heterocycles.